The van der Waals surface area contributed by atoms with Crippen LogP contribution in [-0.4, -0.2) is 39.5 Å². The van der Waals surface area contributed by atoms with Gasteiger partial charge in [0, 0.05) is 11.3 Å². The third-order valence-electron chi connectivity index (χ3n) is 3.84. The SMILES string of the molecule is CCC(CC)(CNC(=O)c1ccc(C(=O)O)c(C)n1)SC. The molecule has 0 aromatic carbocycles. The van der Waals surface area contributed by atoms with Crippen LogP contribution in [0.3, 0.4) is 0 Å². The summed E-state index contributed by atoms with van der Waals surface area (Å²) in [5.41, 5.74) is 0.712. The van der Waals surface area contributed by atoms with Crippen LogP contribution in [0.5, 0.6) is 0 Å². The number of hydrogen-bond donors (Lipinski definition) is 2. The third-order valence-corrected chi connectivity index (χ3v) is 5.43. The van der Waals surface area contributed by atoms with Crippen molar-refractivity contribution in [1.29, 1.82) is 0 Å². The highest BCUT2D eigenvalue weighted by Gasteiger charge is 2.26. The minimum atomic E-state index is -1.04. The standard InChI is InChI=1S/C15H22N2O3S/c1-5-15(6-2,21-4)9-16-13(18)12-8-7-11(14(19)20)10(3)17-12/h7-8H,5-6,9H2,1-4H3,(H,16,18)(H,19,20). The number of carbonyl (C=O) groups is 2. The van der Waals surface area contributed by atoms with Gasteiger partial charge in [0.2, 0.25) is 0 Å². The summed E-state index contributed by atoms with van der Waals surface area (Å²) in [6.45, 7) is 6.37. The Hall–Kier alpha value is -1.56. The fraction of sp³-hybridized carbons (Fsp3) is 0.533. The zero-order valence-electron chi connectivity index (χ0n) is 12.9. The first-order valence-corrected chi connectivity index (χ1v) is 8.16. The Morgan fingerprint density at radius 2 is 1.95 bits per heavy atom. The molecule has 5 nitrogen and oxygen atoms in total. The maximum Gasteiger partial charge on any atom is 0.337 e. The van der Waals surface area contributed by atoms with Crippen LogP contribution in [0.25, 0.3) is 0 Å². The lowest BCUT2D eigenvalue weighted by molar-refractivity contribution is 0.0694. The topological polar surface area (TPSA) is 79.3 Å². The molecule has 1 aromatic heterocycles. The summed E-state index contributed by atoms with van der Waals surface area (Å²) in [5, 5.41) is 11.9. The number of nitrogens with one attached hydrogen (secondary N) is 1. The highest BCUT2D eigenvalue weighted by Crippen LogP contribution is 2.29. The summed E-state index contributed by atoms with van der Waals surface area (Å²) < 4.78 is 0.0334. The van der Waals surface area contributed by atoms with E-state index in [1.165, 1.54) is 12.1 Å². The molecule has 21 heavy (non-hydrogen) atoms. The molecule has 1 rings (SSSR count). The van der Waals surface area contributed by atoms with Crippen molar-refractivity contribution in [2.24, 2.45) is 0 Å². The predicted molar refractivity (Wildman–Crippen MR) is 85.1 cm³/mol. The van der Waals surface area contributed by atoms with Gasteiger partial charge in [-0.2, -0.15) is 11.8 Å². The average molecular weight is 310 g/mol. The van der Waals surface area contributed by atoms with Crippen LogP contribution in [0.4, 0.5) is 0 Å². The Kier molecular flexibility index (Phi) is 6.20. The molecular formula is C15H22N2O3S. The molecule has 0 bridgehead atoms. The number of amides is 1. The van der Waals surface area contributed by atoms with E-state index in [1.54, 1.807) is 18.7 Å². The lowest BCUT2D eigenvalue weighted by Crippen LogP contribution is -2.39. The zero-order chi connectivity index (χ0) is 16.0. The molecule has 0 spiro atoms. The minimum absolute atomic E-state index is 0.0334. The van der Waals surface area contributed by atoms with E-state index < -0.39 is 5.97 Å². The van der Waals surface area contributed by atoms with Crippen LogP contribution >= 0.6 is 11.8 Å². The van der Waals surface area contributed by atoms with Crippen molar-refractivity contribution in [2.75, 3.05) is 12.8 Å². The van der Waals surface area contributed by atoms with Crippen LogP contribution in [0.1, 0.15) is 53.2 Å². The fourth-order valence-corrected chi connectivity index (χ4v) is 2.90. The molecule has 0 aliphatic carbocycles. The number of pyridine rings is 1. The molecule has 0 aliphatic rings. The van der Waals surface area contributed by atoms with E-state index in [0.717, 1.165) is 12.8 Å². The van der Waals surface area contributed by atoms with Gasteiger partial charge in [-0.05, 0) is 38.2 Å². The quantitative estimate of drug-likeness (QED) is 0.809. The van der Waals surface area contributed by atoms with Gasteiger partial charge in [-0.15, -0.1) is 0 Å². The highest BCUT2D eigenvalue weighted by atomic mass is 32.2. The van der Waals surface area contributed by atoms with Crippen molar-refractivity contribution in [3.8, 4) is 0 Å². The summed E-state index contributed by atoms with van der Waals surface area (Å²) in [6.07, 6.45) is 3.98. The smallest absolute Gasteiger partial charge is 0.337 e. The highest BCUT2D eigenvalue weighted by molar-refractivity contribution is 8.00. The summed E-state index contributed by atoms with van der Waals surface area (Å²) >= 11 is 1.75. The maximum atomic E-state index is 12.1. The molecule has 0 aliphatic heterocycles. The largest absolute Gasteiger partial charge is 0.478 e. The van der Waals surface area contributed by atoms with E-state index in [1.807, 2.05) is 6.26 Å². The van der Waals surface area contributed by atoms with Crippen LogP contribution in [0, 0.1) is 6.92 Å². The fourth-order valence-electron chi connectivity index (χ4n) is 2.11. The molecule has 2 N–H and O–H groups in total. The van der Waals surface area contributed by atoms with E-state index in [4.69, 9.17) is 5.11 Å². The number of aryl methyl sites for hydroxylation is 1. The number of aromatic nitrogens is 1. The van der Waals surface area contributed by atoms with Crippen molar-refractivity contribution in [2.45, 2.75) is 38.4 Å². The van der Waals surface area contributed by atoms with Gasteiger partial charge in [-0.25, -0.2) is 9.78 Å². The number of carboxylic acids is 1. The number of carboxylic acid groups (broad SMARTS) is 1. The second-order valence-electron chi connectivity index (χ2n) is 4.91. The molecule has 6 heteroatoms. The Labute approximate surface area is 129 Å². The first-order chi connectivity index (χ1) is 9.89. The second kappa shape index (κ2) is 7.45. The number of aromatic carboxylic acids is 1. The van der Waals surface area contributed by atoms with Crippen molar-refractivity contribution in [1.82, 2.24) is 10.3 Å². The van der Waals surface area contributed by atoms with Gasteiger partial charge >= 0.3 is 5.97 Å². The number of rotatable bonds is 7. The second-order valence-corrected chi connectivity index (χ2v) is 6.19. The number of carbonyl (C=O) groups excluding carboxylic acids is 1. The first kappa shape index (κ1) is 17.5. The van der Waals surface area contributed by atoms with Gasteiger partial charge in [-0.3, -0.25) is 4.79 Å². The minimum Gasteiger partial charge on any atom is -0.478 e. The van der Waals surface area contributed by atoms with E-state index >= 15 is 0 Å². The van der Waals surface area contributed by atoms with Gasteiger partial charge < -0.3 is 10.4 Å². The monoisotopic (exact) mass is 310 g/mol. The Balaban J connectivity index is 2.81. The molecule has 0 saturated carbocycles. The van der Waals surface area contributed by atoms with Crippen molar-refractivity contribution >= 4 is 23.6 Å². The molecule has 1 heterocycles. The van der Waals surface area contributed by atoms with Crippen LogP contribution in [0.2, 0.25) is 0 Å². The van der Waals surface area contributed by atoms with Gasteiger partial charge in [0.25, 0.3) is 5.91 Å². The first-order valence-electron chi connectivity index (χ1n) is 6.93. The molecule has 0 atom stereocenters. The van der Waals surface area contributed by atoms with Gasteiger partial charge in [0.05, 0.1) is 11.3 Å². The van der Waals surface area contributed by atoms with Crippen molar-refractivity contribution in [3.63, 3.8) is 0 Å². The molecule has 0 saturated heterocycles. The Bertz CT molecular complexity index is 519. The lowest BCUT2D eigenvalue weighted by Gasteiger charge is -2.29. The number of hydrogen-bond acceptors (Lipinski definition) is 4. The molecule has 0 unspecified atom stereocenters. The van der Waals surface area contributed by atoms with E-state index in [-0.39, 0.29) is 21.9 Å². The predicted octanol–water partition coefficient (Wildman–Crippen LogP) is 2.74. The van der Waals surface area contributed by atoms with Gasteiger partial charge in [0.1, 0.15) is 5.69 Å². The molecule has 0 radical (unpaired) electrons. The van der Waals surface area contributed by atoms with Gasteiger partial charge in [0.15, 0.2) is 0 Å². The van der Waals surface area contributed by atoms with E-state index in [9.17, 15) is 9.59 Å². The molecule has 1 aromatic rings. The van der Waals surface area contributed by atoms with Crippen LogP contribution < -0.4 is 5.32 Å². The molecule has 0 fully saturated rings. The third kappa shape index (κ3) is 4.20. The van der Waals surface area contributed by atoms with E-state index in [0.29, 0.717) is 12.2 Å². The zero-order valence-corrected chi connectivity index (χ0v) is 13.7. The number of thioether (sulfide) groups is 1. The number of nitrogens with zero attached hydrogens (tertiary/aromatic N) is 1. The lowest BCUT2D eigenvalue weighted by atomic mass is 10.0. The summed E-state index contributed by atoms with van der Waals surface area (Å²) in [6, 6.07) is 2.87. The van der Waals surface area contributed by atoms with Crippen molar-refractivity contribution < 1.29 is 14.7 Å². The van der Waals surface area contributed by atoms with Crippen LogP contribution in [-0.2, 0) is 0 Å². The molecular weight excluding hydrogens is 288 g/mol. The van der Waals surface area contributed by atoms with Crippen molar-refractivity contribution in [3.05, 3.63) is 29.1 Å². The normalized spacial score (nSPS) is 11.2. The summed E-state index contributed by atoms with van der Waals surface area (Å²) in [5.74, 6) is -1.30. The molecule has 1 amide bonds. The van der Waals surface area contributed by atoms with Crippen LogP contribution in [0.15, 0.2) is 12.1 Å². The summed E-state index contributed by atoms with van der Waals surface area (Å²) in [7, 11) is 0. The maximum absolute atomic E-state index is 12.1. The molecule has 116 valence electrons. The summed E-state index contributed by atoms with van der Waals surface area (Å²) in [4.78, 5) is 27.1. The average Bonchev–Trinajstić information content (AvgIpc) is 2.48. The van der Waals surface area contributed by atoms with E-state index in [2.05, 4.69) is 24.1 Å². The Morgan fingerprint density at radius 3 is 2.38 bits per heavy atom. The van der Waals surface area contributed by atoms with Gasteiger partial charge in [-0.1, -0.05) is 13.8 Å². The Morgan fingerprint density at radius 1 is 1.33 bits per heavy atom.